The first kappa shape index (κ1) is 14.4. The Bertz CT molecular complexity index is 591. The SMILES string of the molecule is COc1cccc(N(Cc2ccsc2)C2CC2)c1[C@@H](C)N. The predicted octanol–water partition coefficient (Wildman–Crippen LogP) is 3.95. The maximum atomic E-state index is 6.22. The average Bonchev–Trinajstić information content (AvgIpc) is 3.20. The summed E-state index contributed by atoms with van der Waals surface area (Å²) in [6, 6.07) is 9.02. The first-order valence-corrected chi connectivity index (χ1v) is 8.35. The molecule has 1 aliphatic rings. The molecule has 1 aromatic carbocycles. The fraction of sp³-hybridized carbons (Fsp3) is 0.412. The van der Waals surface area contributed by atoms with E-state index < -0.39 is 0 Å². The van der Waals surface area contributed by atoms with Crippen molar-refractivity contribution in [2.24, 2.45) is 5.73 Å². The molecule has 1 saturated carbocycles. The molecule has 0 unspecified atom stereocenters. The summed E-state index contributed by atoms with van der Waals surface area (Å²) in [6.07, 6.45) is 2.53. The van der Waals surface area contributed by atoms with Gasteiger partial charge in [-0.05, 0) is 54.3 Å². The fourth-order valence-electron chi connectivity index (χ4n) is 2.80. The molecule has 2 N–H and O–H groups in total. The maximum Gasteiger partial charge on any atom is 0.125 e. The van der Waals surface area contributed by atoms with Gasteiger partial charge in [0.15, 0.2) is 0 Å². The fourth-order valence-corrected chi connectivity index (χ4v) is 3.45. The smallest absolute Gasteiger partial charge is 0.125 e. The Hall–Kier alpha value is -1.52. The first-order chi connectivity index (χ1) is 10.2. The summed E-state index contributed by atoms with van der Waals surface area (Å²) >= 11 is 1.75. The van der Waals surface area contributed by atoms with Crippen molar-refractivity contribution in [3.63, 3.8) is 0 Å². The van der Waals surface area contributed by atoms with E-state index in [1.165, 1.54) is 24.1 Å². The van der Waals surface area contributed by atoms with Gasteiger partial charge in [-0.1, -0.05) is 6.07 Å². The molecule has 3 nitrogen and oxygen atoms in total. The molecule has 0 aliphatic heterocycles. The Morgan fingerprint density at radius 1 is 1.38 bits per heavy atom. The van der Waals surface area contributed by atoms with Gasteiger partial charge in [0, 0.05) is 29.9 Å². The monoisotopic (exact) mass is 302 g/mol. The molecule has 2 aromatic rings. The molecule has 1 fully saturated rings. The number of thiophene rings is 1. The van der Waals surface area contributed by atoms with Crippen LogP contribution in [-0.2, 0) is 6.54 Å². The lowest BCUT2D eigenvalue weighted by Crippen LogP contribution is -2.27. The highest BCUT2D eigenvalue weighted by Crippen LogP contribution is 2.40. The van der Waals surface area contributed by atoms with Crippen LogP contribution >= 0.6 is 11.3 Å². The quantitative estimate of drug-likeness (QED) is 0.878. The first-order valence-electron chi connectivity index (χ1n) is 7.41. The third-order valence-corrected chi connectivity index (χ3v) is 4.68. The van der Waals surface area contributed by atoms with E-state index >= 15 is 0 Å². The molecule has 0 bridgehead atoms. The van der Waals surface area contributed by atoms with Gasteiger partial charge in [0.1, 0.15) is 5.75 Å². The van der Waals surface area contributed by atoms with E-state index in [9.17, 15) is 0 Å². The Kier molecular flexibility index (Phi) is 4.17. The summed E-state index contributed by atoms with van der Waals surface area (Å²) in [4.78, 5) is 2.49. The minimum absolute atomic E-state index is 0.0418. The molecular weight excluding hydrogens is 280 g/mol. The lowest BCUT2D eigenvalue weighted by Gasteiger charge is -2.29. The van der Waals surface area contributed by atoms with Crippen LogP contribution in [0.3, 0.4) is 0 Å². The minimum atomic E-state index is -0.0418. The van der Waals surface area contributed by atoms with Crippen molar-refractivity contribution in [3.05, 3.63) is 46.2 Å². The van der Waals surface area contributed by atoms with E-state index in [0.717, 1.165) is 17.9 Å². The molecule has 1 atom stereocenters. The van der Waals surface area contributed by atoms with Gasteiger partial charge in [0.2, 0.25) is 0 Å². The van der Waals surface area contributed by atoms with E-state index in [1.807, 2.05) is 13.0 Å². The van der Waals surface area contributed by atoms with Crippen LogP contribution < -0.4 is 15.4 Å². The molecule has 1 aromatic heterocycles. The van der Waals surface area contributed by atoms with Gasteiger partial charge in [-0.2, -0.15) is 11.3 Å². The number of nitrogens with zero attached hydrogens (tertiary/aromatic N) is 1. The van der Waals surface area contributed by atoms with Crippen molar-refractivity contribution < 1.29 is 4.74 Å². The van der Waals surface area contributed by atoms with Crippen molar-refractivity contribution in [1.82, 2.24) is 0 Å². The molecule has 4 heteroatoms. The molecule has 0 amide bonds. The van der Waals surface area contributed by atoms with Gasteiger partial charge in [-0.15, -0.1) is 0 Å². The largest absolute Gasteiger partial charge is 0.496 e. The van der Waals surface area contributed by atoms with Gasteiger partial charge < -0.3 is 15.4 Å². The highest BCUT2D eigenvalue weighted by Gasteiger charge is 2.31. The van der Waals surface area contributed by atoms with E-state index in [-0.39, 0.29) is 6.04 Å². The number of rotatable bonds is 6. The number of methoxy groups -OCH3 is 1. The molecular formula is C17H22N2OS. The number of anilines is 1. The van der Waals surface area contributed by atoms with Crippen LogP contribution in [0.2, 0.25) is 0 Å². The average molecular weight is 302 g/mol. The number of benzene rings is 1. The standard InChI is InChI=1S/C17H22N2OS/c1-12(18)17-15(4-3-5-16(17)20-2)19(14-6-7-14)10-13-8-9-21-11-13/h3-5,8-9,11-12,14H,6-7,10,18H2,1-2H3/t12-/m1/s1. The van der Waals surface area contributed by atoms with E-state index in [4.69, 9.17) is 10.5 Å². The normalized spacial score (nSPS) is 15.8. The van der Waals surface area contributed by atoms with Crippen LogP contribution in [0.1, 0.15) is 36.9 Å². The second-order valence-electron chi connectivity index (χ2n) is 5.67. The zero-order chi connectivity index (χ0) is 14.8. The van der Waals surface area contributed by atoms with Crippen molar-refractivity contribution >= 4 is 17.0 Å². The zero-order valence-electron chi connectivity index (χ0n) is 12.6. The van der Waals surface area contributed by atoms with E-state index in [0.29, 0.717) is 6.04 Å². The lowest BCUT2D eigenvalue weighted by molar-refractivity contribution is 0.407. The molecule has 0 radical (unpaired) electrons. The van der Waals surface area contributed by atoms with Gasteiger partial charge >= 0.3 is 0 Å². The zero-order valence-corrected chi connectivity index (χ0v) is 13.4. The van der Waals surface area contributed by atoms with E-state index in [2.05, 4.69) is 33.9 Å². The van der Waals surface area contributed by atoms with Gasteiger partial charge in [0.25, 0.3) is 0 Å². The molecule has 0 spiro atoms. The topological polar surface area (TPSA) is 38.5 Å². The second kappa shape index (κ2) is 6.08. The van der Waals surface area contributed by atoms with Gasteiger partial charge in [-0.3, -0.25) is 0 Å². The Balaban J connectivity index is 1.99. The summed E-state index contributed by atoms with van der Waals surface area (Å²) in [7, 11) is 1.71. The van der Waals surface area contributed by atoms with Crippen molar-refractivity contribution in [1.29, 1.82) is 0 Å². The molecule has 1 heterocycles. The van der Waals surface area contributed by atoms with Crippen molar-refractivity contribution in [3.8, 4) is 5.75 Å². The summed E-state index contributed by atoms with van der Waals surface area (Å²) in [5.74, 6) is 0.887. The molecule has 21 heavy (non-hydrogen) atoms. The maximum absolute atomic E-state index is 6.22. The Morgan fingerprint density at radius 2 is 2.19 bits per heavy atom. The van der Waals surface area contributed by atoms with E-state index in [1.54, 1.807) is 18.4 Å². The highest BCUT2D eigenvalue weighted by molar-refractivity contribution is 7.07. The highest BCUT2D eigenvalue weighted by atomic mass is 32.1. The van der Waals surface area contributed by atoms with Crippen LogP contribution in [0.4, 0.5) is 5.69 Å². The van der Waals surface area contributed by atoms with Gasteiger partial charge in [-0.25, -0.2) is 0 Å². The van der Waals surface area contributed by atoms with Gasteiger partial charge in [0.05, 0.1) is 7.11 Å². The Labute approximate surface area is 130 Å². The Morgan fingerprint density at radius 3 is 2.76 bits per heavy atom. The lowest BCUT2D eigenvalue weighted by atomic mass is 10.0. The molecule has 112 valence electrons. The number of nitrogens with two attached hydrogens (primary N) is 1. The third kappa shape index (κ3) is 3.06. The van der Waals surface area contributed by atoms with Crippen molar-refractivity contribution in [2.75, 3.05) is 12.0 Å². The minimum Gasteiger partial charge on any atom is -0.496 e. The second-order valence-corrected chi connectivity index (χ2v) is 6.45. The summed E-state index contributed by atoms with van der Waals surface area (Å²) in [6.45, 7) is 2.97. The third-order valence-electron chi connectivity index (χ3n) is 3.95. The molecule has 3 rings (SSSR count). The number of hydrogen-bond acceptors (Lipinski definition) is 4. The summed E-state index contributed by atoms with van der Waals surface area (Å²) in [5.41, 5.74) is 9.92. The van der Waals surface area contributed by atoms with Crippen molar-refractivity contribution in [2.45, 2.75) is 38.4 Å². The molecule has 0 saturated heterocycles. The van der Waals surface area contributed by atoms with Crippen LogP contribution in [0.15, 0.2) is 35.0 Å². The van der Waals surface area contributed by atoms with Crippen LogP contribution in [0.25, 0.3) is 0 Å². The number of hydrogen-bond donors (Lipinski definition) is 1. The van der Waals surface area contributed by atoms with Crippen LogP contribution in [0.5, 0.6) is 5.75 Å². The number of ether oxygens (including phenoxy) is 1. The molecule has 1 aliphatic carbocycles. The summed E-state index contributed by atoms with van der Waals surface area (Å²) < 4.78 is 5.53. The predicted molar refractivity (Wildman–Crippen MR) is 89.1 cm³/mol. The summed E-state index contributed by atoms with van der Waals surface area (Å²) in [5, 5.41) is 4.36. The van der Waals surface area contributed by atoms with Crippen LogP contribution in [0, 0.1) is 0 Å². The van der Waals surface area contributed by atoms with Crippen LogP contribution in [-0.4, -0.2) is 13.2 Å².